The van der Waals surface area contributed by atoms with Crippen LogP contribution in [0.5, 0.6) is 0 Å². The molecule has 1 heterocycles. The van der Waals surface area contributed by atoms with Crippen molar-refractivity contribution in [2.24, 2.45) is 5.73 Å². The van der Waals surface area contributed by atoms with Crippen molar-refractivity contribution in [1.29, 1.82) is 0 Å². The van der Waals surface area contributed by atoms with Crippen molar-refractivity contribution >= 4 is 0 Å². The third-order valence-electron chi connectivity index (χ3n) is 3.67. The summed E-state index contributed by atoms with van der Waals surface area (Å²) in [5, 5.41) is 0. The number of nitrogens with two attached hydrogens (primary N) is 1. The van der Waals surface area contributed by atoms with Gasteiger partial charge in [0, 0.05) is 25.5 Å². The summed E-state index contributed by atoms with van der Waals surface area (Å²) in [5.41, 5.74) is 8.97. The first-order valence-corrected chi connectivity index (χ1v) is 5.74. The zero-order chi connectivity index (χ0) is 10.3. The number of hydrogen-bond acceptors (Lipinski definition) is 2. The molecule has 1 fully saturated rings. The predicted molar refractivity (Wildman–Crippen MR) is 59.7 cm³/mol. The highest BCUT2D eigenvalue weighted by molar-refractivity contribution is 5.35. The van der Waals surface area contributed by atoms with Gasteiger partial charge in [0.25, 0.3) is 0 Å². The van der Waals surface area contributed by atoms with Crippen molar-refractivity contribution in [2.45, 2.75) is 37.3 Å². The van der Waals surface area contributed by atoms with E-state index in [-0.39, 0.29) is 5.60 Å². The molecule has 0 amide bonds. The van der Waals surface area contributed by atoms with Gasteiger partial charge < -0.3 is 10.5 Å². The fourth-order valence-electron chi connectivity index (χ4n) is 2.97. The van der Waals surface area contributed by atoms with Gasteiger partial charge in [-0.3, -0.25) is 0 Å². The van der Waals surface area contributed by atoms with Gasteiger partial charge in [-0.25, -0.2) is 0 Å². The molecule has 2 heteroatoms. The molecule has 2 aliphatic rings. The van der Waals surface area contributed by atoms with Crippen molar-refractivity contribution in [3.63, 3.8) is 0 Å². The van der Waals surface area contributed by atoms with E-state index in [4.69, 9.17) is 10.5 Å². The maximum Gasteiger partial charge on any atom is 0.0777 e. The van der Waals surface area contributed by atoms with E-state index in [0.29, 0.717) is 6.04 Å². The fraction of sp³-hybridized carbons (Fsp3) is 0.538. The lowest BCUT2D eigenvalue weighted by Gasteiger charge is -2.36. The van der Waals surface area contributed by atoms with Crippen molar-refractivity contribution in [3.05, 3.63) is 35.4 Å². The summed E-state index contributed by atoms with van der Waals surface area (Å²) in [5.74, 6) is 0. The maximum absolute atomic E-state index is 6.04. The molecule has 0 saturated carbocycles. The molecule has 1 aromatic rings. The molecule has 1 unspecified atom stereocenters. The first-order chi connectivity index (χ1) is 7.27. The molecule has 0 aromatic heterocycles. The smallest absolute Gasteiger partial charge is 0.0777 e. The Hall–Kier alpha value is -0.860. The van der Waals surface area contributed by atoms with Gasteiger partial charge >= 0.3 is 0 Å². The van der Waals surface area contributed by atoms with E-state index in [9.17, 15) is 0 Å². The Morgan fingerprint density at radius 2 is 1.87 bits per heavy atom. The van der Waals surface area contributed by atoms with Crippen LogP contribution < -0.4 is 5.73 Å². The maximum atomic E-state index is 6.04. The van der Waals surface area contributed by atoms with Crippen LogP contribution in [0.25, 0.3) is 0 Å². The molecule has 1 aliphatic carbocycles. The Labute approximate surface area is 90.4 Å². The van der Waals surface area contributed by atoms with E-state index in [1.807, 2.05) is 0 Å². The Morgan fingerprint density at radius 3 is 2.47 bits per heavy atom. The topological polar surface area (TPSA) is 35.2 Å². The first-order valence-electron chi connectivity index (χ1n) is 5.74. The van der Waals surface area contributed by atoms with E-state index in [1.165, 1.54) is 11.1 Å². The number of fused-ring (bicyclic) bond motifs is 1. The van der Waals surface area contributed by atoms with E-state index >= 15 is 0 Å². The second-order valence-electron chi connectivity index (χ2n) is 4.91. The molecule has 1 spiro atoms. The lowest BCUT2D eigenvalue weighted by atomic mass is 9.88. The summed E-state index contributed by atoms with van der Waals surface area (Å²) in [4.78, 5) is 0. The molecule has 2 N–H and O–H groups in total. The normalized spacial score (nSPS) is 27.9. The van der Waals surface area contributed by atoms with Gasteiger partial charge in [0.15, 0.2) is 0 Å². The van der Waals surface area contributed by atoms with Gasteiger partial charge in [-0.2, -0.15) is 0 Å². The van der Waals surface area contributed by atoms with Gasteiger partial charge in [-0.15, -0.1) is 0 Å². The van der Waals surface area contributed by atoms with Gasteiger partial charge in [0.05, 0.1) is 5.60 Å². The Kier molecular flexibility index (Phi) is 2.08. The van der Waals surface area contributed by atoms with Crippen LogP contribution >= 0.6 is 0 Å². The zero-order valence-corrected chi connectivity index (χ0v) is 8.91. The molecular formula is C13H17NO. The minimum atomic E-state index is 0.0291. The van der Waals surface area contributed by atoms with Gasteiger partial charge in [-0.1, -0.05) is 24.3 Å². The van der Waals surface area contributed by atoms with Crippen molar-refractivity contribution < 1.29 is 4.74 Å². The molecular weight excluding hydrogens is 186 g/mol. The average Bonchev–Trinajstić information content (AvgIpc) is 2.54. The Morgan fingerprint density at radius 1 is 1.20 bits per heavy atom. The molecule has 2 nitrogen and oxygen atoms in total. The molecule has 1 aliphatic heterocycles. The first kappa shape index (κ1) is 9.37. The summed E-state index contributed by atoms with van der Waals surface area (Å²) >= 11 is 0. The number of benzene rings is 1. The molecule has 0 bridgehead atoms. The quantitative estimate of drug-likeness (QED) is 0.696. The SMILES string of the molecule is NC1CCOC2(Cc3ccccc3C2)C1. The second kappa shape index (κ2) is 3.32. The lowest BCUT2D eigenvalue weighted by molar-refractivity contribution is -0.0768. The summed E-state index contributed by atoms with van der Waals surface area (Å²) in [6.07, 6.45) is 4.13. The van der Waals surface area contributed by atoms with Gasteiger partial charge in [0.2, 0.25) is 0 Å². The minimum absolute atomic E-state index is 0.0291. The minimum Gasteiger partial charge on any atom is -0.374 e. The Bertz CT molecular complexity index is 350. The fourth-order valence-corrected chi connectivity index (χ4v) is 2.97. The summed E-state index contributed by atoms with van der Waals surface area (Å²) < 4.78 is 6.00. The average molecular weight is 203 g/mol. The molecule has 1 saturated heterocycles. The van der Waals surface area contributed by atoms with Crippen LogP contribution in [0.15, 0.2) is 24.3 Å². The molecule has 1 atom stereocenters. The van der Waals surface area contributed by atoms with E-state index in [0.717, 1.165) is 32.3 Å². The molecule has 80 valence electrons. The van der Waals surface area contributed by atoms with Gasteiger partial charge in [-0.05, 0) is 24.0 Å². The van der Waals surface area contributed by atoms with E-state index < -0.39 is 0 Å². The molecule has 0 radical (unpaired) electrons. The van der Waals surface area contributed by atoms with E-state index in [1.54, 1.807) is 0 Å². The number of hydrogen-bond donors (Lipinski definition) is 1. The zero-order valence-electron chi connectivity index (χ0n) is 8.91. The van der Waals surface area contributed by atoms with Crippen LogP contribution in [0.1, 0.15) is 24.0 Å². The summed E-state index contributed by atoms with van der Waals surface area (Å²) in [6, 6.07) is 8.98. The number of rotatable bonds is 0. The van der Waals surface area contributed by atoms with Crippen LogP contribution in [0.3, 0.4) is 0 Å². The standard InChI is InChI=1S/C13H17NO/c14-12-5-6-15-13(9-12)7-10-3-1-2-4-11(10)8-13/h1-4,12H,5-9,14H2. The second-order valence-corrected chi connectivity index (χ2v) is 4.91. The highest BCUT2D eigenvalue weighted by atomic mass is 16.5. The third kappa shape index (κ3) is 1.58. The highest BCUT2D eigenvalue weighted by Gasteiger charge is 2.41. The summed E-state index contributed by atoms with van der Waals surface area (Å²) in [6.45, 7) is 0.829. The van der Waals surface area contributed by atoms with Crippen LogP contribution in [0, 0.1) is 0 Å². The molecule has 15 heavy (non-hydrogen) atoms. The van der Waals surface area contributed by atoms with Gasteiger partial charge in [0.1, 0.15) is 0 Å². The highest BCUT2D eigenvalue weighted by Crippen LogP contribution is 2.38. The van der Waals surface area contributed by atoms with Crippen LogP contribution in [-0.2, 0) is 17.6 Å². The van der Waals surface area contributed by atoms with Crippen molar-refractivity contribution in [3.8, 4) is 0 Å². The third-order valence-corrected chi connectivity index (χ3v) is 3.67. The van der Waals surface area contributed by atoms with Crippen LogP contribution in [0.4, 0.5) is 0 Å². The molecule has 1 aromatic carbocycles. The van der Waals surface area contributed by atoms with E-state index in [2.05, 4.69) is 24.3 Å². The summed E-state index contributed by atoms with van der Waals surface area (Å²) in [7, 11) is 0. The largest absolute Gasteiger partial charge is 0.374 e. The lowest BCUT2D eigenvalue weighted by Crippen LogP contribution is -2.45. The monoisotopic (exact) mass is 203 g/mol. The Balaban J connectivity index is 1.87. The molecule has 3 rings (SSSR count). The van der Waals surface area contributed by atoms with Crippen LogP contribution in [-0.4, -0.2) is 18.2 Å². The van der Waals surface area contributed by atoms with Crippen LogP contribution in [0.2, 0.25) is 0 Å². The van der Waals surface area contributed by atoms with Crippen molar-refractivity contribution in [2.75, 3.05) is 6.61 Å². The predicted octanol–water partition coefficient (Wildman–Crippen LogP) is 1.66. The van der Waals surface area contributed by atoms with Crippen molar-refractivity contribution in [1.82, 2.24) is 0 Å². The number of ether oxygens (including phenoxy) is 1.